The molecule has 2 atom stereocenters. The molecule has 244 valence electrons. The molecule has 4 N–H and O–H groups in total. The molecule has 2 aromatic carbocycles. The Kier molecular flexibility index (Phi) is 8.15. The van der Waals surface area contributed by atoms with Gasteiger partial charge in [0.25, 0.3) is 11.8 Å². The number of alkyl halides is 1. The van der Waals surface area contributed by atoms with E-state index in [1.807, 2.05) is 35.9 Å². The number of aliphatic hydroxyl groups excluding tert-OH is 1. The molecular formula is C35H38FN7O4. The van der Waals surface area contributed by atoms with Crippen molar-refractivity contribution in [3.05, 3.63) is 65.7 Å². The maximum atomic E-state index is 14.3. The predicted molar refractivity (Wildman–Crippen MR) is 177 cm³/mol. The fourth-order valence-electron chi connectivity index (χ4n) is 6.52. The van der Waals surface area contributed by atoms with Gasteiger partial charge in [-0.2, -0.15) is 0 Å². The number of carbonyl (C=O) groups excluding carboxylic acids is 2. The van der Waals surface area contributed by atoms with Crippen LogP contribution in [0.3, 0.4) is 0 Å². The van der Waals surface area contributed by atoms with Crippen molar-refractivity contribution in [2.45, 2.75) is 38.0 Å². The Morgan fingerprint density at radius 3 is 2.55 bits per heavy atom. The van der Waals surface area contributed by atoms with Gasteiger partial charge >= 0.3 is 0 Å². The van der Waals surface area contributed by atoms with E-state index in [0.717, 1.165) is 52.9 Å². The van der Waals surface area contributed by atoms with Crippen LogP contribution in [0.1, 0.15) is 40.0 Å². The van der Waals surface area contributed by atoms with E-state index in [4.69, 9.17) is 25.5 Å². The zero-order chi connectivity index (χ0) is 32.8. The number of aryl methyl sites for hydroxylation is 1. The lowest BCUT2D eigenvalue weighted by molar-refractivity contribution is 0.0606. The number of aromatic nitrogens is 4. The molecule has 7 rings (SSSR count). The molecule has 11 nitrogen and oxygen atoms in total. The summed E-state index contributed by atoms with van der Waals surface area (Å²) in [6.07, 6.45) is 1.40. The zero-order valence-corrected chi connectivity index (χ0v) is 26.4. The summed E-state index contributed by atoms with van der Waals surface area (Å²) in [6, 6.07) is 16.4. The number of benzene rings is 2. The topological polar surface area (TPSA) is 141 Å². The second-order valence-corrected chi connectivity index (χ2v) is 12.6. The average molecular weight is 640 g/mol. The number of aliphatic hydroxyl groups is 1. The largest absolute Gasteiger partial charge is 0.494 e. The number of nitrogens with one attached hydrogen (secondary N) is 1. The van der Waals surface area contributed by atoms with Gasteiger partial charge in [-0.1, -0.05) is 12.1 Å². The van der Waals surface area contributed by atoms with Gasteiger partial charge < -0.3 is 34.9 Å². The highest BCUT2D eigenvalue weighted by atomic mass is 19.1. The van der Waals surface area contributed by atoms with Gasteiger partial charge in [0.05, 0.1) is 37.2 Å². The molecule has 2 aliphatic rings. The van der Waals surface area contributed by atoms with E-state index >= 15 is 0 Å². The Balaban J connectivity index is 1.27. The first-order valence-electron chi connectivity index (χ1n) is 16.0. The van der Waals surface area contributed by atoms with Gasteiger partial charge in [0.15, 0.2) is 5.82 Å². The number of nitrogens with two attached hydrogens (primary N) is 1. The lowest BCUT2D eigenvalue weighted by atomic mass is 10.0. The first-order chi connectivity index (χ1) is 22.7. The molecule has 1 saturated carbocycles. The number of pyridine rings is 1. The molecule has 1 aliphatic carbocycles. The molecule has 1 aliphatic heterocycles. The molecule has 0 spiro atoms. The van der Waals surface area contributed by atoms with Crippen molar-refractivity contribution in [1.29, 1.82) is 0 Å². The molecule has 3 aromatic heterocycles. The summed E-state index contributed by atoms with van der Waals surface area (Å²) in [7, 11) is 3.50. The van der Waals surface area contributed by atoms with Crippen LogP contribution in [0.15, 0.2) is 54.6 Å². The molecule has 2 fully saturated rings. The van der Waals surface area contributed by atoms with Crippen LogP contribution in [0.4, 0.5) is 4.39 Å². The molecular weight excluding hydrogens is 601 g/mol. The number of fused-ring (bicyclic) bond motifs is 2. The molecule has 2 amide bonds. The van der Waals surface area contributed by atoms with Gasteiger partial charge in [-0.05, 0) is 67.6 Å². The molecule has 47 heavy (non-hydrogen) atoms. The molecule has 4 heterocycles. The highest BCUT2D eigenvalue weighted by molar-refractivity contribution is 6.00. The summed E-state index contributed by atoms with van der Waals surface area (Å²) < 4.78 is 24.3. The summed E-state index contributed by atoms with van der Waals surface area (Å²) in [5.74, 6) is 1.23. The number of carbonyl (C=O) groups is 2. The second kappa shape index (κ2) is 12.4. The van der Waals surface area contributed by atoms with E-state index < -0.39 is 12.2 Å². The van der Waals surface area contributed by atoms with E-state index in [1.165, 1.54) is 4.90 Å². The van der Waals surface area contributed by atoms with Gasteiger partial charge in [0.2, 0.25) is 0 Å². The number of halogens is 1. The summed E-state index contributed by atoms with van der Waals surface area (Å²) in [4.78, 5) is 37.4. The van der Waals surface area contributed by atoms with Crippen LogP contribution in [-0.4, -0.2) is 86.5 Å². The molecule has 0 radical (unpaired) electrons. The van der Waals surface area contributed by atoms with Gasteiger partial charge in [0, 0.05) is 54.8 Å². The van der Waals surface area contributed by atoms with Crippen molar-refractivity contribution < 1.29 is 23.8 Å². The maximum absolute atomic E-state index is 14.3. The Morgan fingerprint density at radius 2 is 1.85 bits per heavy atom. The number of amides is 2. The standard InChI is InChI=1S/C35H38FN7O4/c1-41-31-28(13-24(15-30(31)47-2)35(46)42-18-25(36)16-26(37)19-42)40-33(41)29-14-23-9-10-27(39-32(23)43(29)17-20-3-4-20)21-5-7-22(8-6-21)34(45)38-11-12-44/h5-10,13-15,20,25-26,44H,3-4,11-12,16-19,37H2,1-2H3,(H,38,45)/t25-,26-/m1/s1. The highest BCUT2D eigenvalue weighted by Gasteiger charge is 2.30. The van der Waals surface area contributed by atoms with E-state index in [2.05, 4.69) is 16.0 Å². The number of methoxy groups -OCH3 is 1. The predicted octanol–water partition coefficient (Wildman–Crippen LogP) is 3.91. The molecule has 5 aromatic rings. The van der Waals surface area contributed by atoms with E-state index in [9.17, 15) is 14.0 Å². The quantitative estimate of drug-likeness (QED) is 0.222. The van der Waals surface area contributed by atoms with Gasteiger partial charge in [-0.25, -0.2) is 14.4 Å². The number of ether oxygens (including phenoxy) is 1. The van der Waals surface area contributed by atoms with E-state index in [1.54, 1.807) is 31.4 Å². The maximum Gasteiger partial charge on any atom is 0.254 e. The lowest BCUT2D eigenvalue weighted by Crippen LogP contribution is -2.50. The molecule has 0 unspecified atom stereocenters. The van der Waals surface area contributed by atoms with Crippen LogP contribution in [0.25, 0.3) is 44.8 Å². The minimum atomic E-state index is -1.15. The SMILES string of the molecule is COc1cc(C(=O)N2C[C@H](N)C[C@@H](F)C2)cc2nc(-c3cc4ccc(-c5ccc(C(=O)NCCO)cc5)nc4n3CC3CC3)n(C)c12. The number of hydrogen-bond donors (Lipinski definition) is 3. The van der Waals surface area contributed by atoms with Gasteiger partial charge in [0.1, 0.15) is 23.1 Å². The third kappa shape index (κ3) is 5.94. The number of imidazole rings is 1. The van der Waals surface area contributed by atoms with E-state index in [-0.39, 0.29) is 37.9 Å². The first kappa shape index (κ1) is 30.8. The fraction of sp³-hybridized carbons (Fsp3) is 0.371. The number of nitrogens with zero attached hydrogens (tertiary/aromatic N) is 5. The monoisotopic (exact) mass is 639 g/mol. The average Bonchev–Trinajstić information content (AvgIpc) is 3.75. The summed E-state index contributed by atoms with van der Waals surface area (Å²) in [5.41, 5.74) is 11.7. The Hall–Kier alpha value is -4.81. The minimum Gasteiger partial charge on any atom is -0.494 e. The zero-order valence-electron chi connectivity index (χ0n) is 26.4. The van der Waals surface area contributed by atoms with Crippen LogP contribution in [0, 0.1) is 5.92 Å². The van der Waals surface area contributed by atoms with Crippen molar-refractivity contribution in [3.8, 4) is 28.5 Å². The summed E-state index contributed by atoms with van der Waals surface area (Å²) >= 11 is 0. The molecule has 0 bridgehead atoms. The van der Waals surface area contributed by atoms with Crippen molar-refractivity contribution in [3.63, 3.8) is 0 Å². The minimum absolute atomic E-state index is 0.0146. The van der Waals surface area contributed by atoms with Crippen molar-refractivity contribution >= 4 is 33.9 Å². The third-order valence-corrected chi connectivity index (χ3v) is 9.07. The van der Waals surface area contributed by atoms with Gasteiger partial charge in [-0.3, -0.25) is 9.59 Å². The van der Waals surface area contributed by atoms with Crippen LogP contribution in [0.2, 0.25) is 0 Å². The molecule has 12 heteroatoms. The number of likely N-dealkylation sites (tertiary alicyclic amines) is 1. The van der Waals surface area contributed by atoms with Crippen molar-refractivity contribution in [1.82, 2.24) is 29.3 Å². The smallest absolute Gasteiger partial charge is 0.254 e. The first-order valence-corrected chi connectivity index (χ1v) is 16.0. The summed E-state index contributed by atoms with van der Waals surface area (Å²) in [5, 5.41) is 12.6. The van der Waals surface area contributed by atoms with Crippen molar-refractivity contribution in [2.75, 3.05) is 33.4 Å². The highest BCUT2D eigenvalue weighted by Crippen LogP contribution is 2.38. The second-order valence-electron chi connectivity index (χ2n) is 12.6. The molecule has 1 saturated heterocycles. The Labute approximate surface area is 271 Å². The number of hydrogen-bond acceptors (Lipinski definition) is 7. The normalized spacial score (nSPS) is 18.2. The van der Waals surface area contributed by atoms with Crippen LogP contribution in [0.5, 0.6) is 5.75 Å². The number of piperidine rings is 1. The van der Waals surface area contributed by atoms with Crippen LogP contribution in [-0.2, 0) is 13.6 Å². The number of rotatable bonds is 9. The van der Waals surface area contributed by atoms with Gasteiger partial charge in [-0.15, -0.1) is 0 Å². The third-order valence-electron chi connectivity index (χ3n) is 9.07. The Morgan fingerprint density at radius 1 is 1.06 bits per heavy atom. The van der Waals surface area contributed by atoms with E-state index in [0.29, 0.717) is 40.7 Å². The Bertz CT molecular complexity index is 1970. The summed E-state index contributed by atoms with van der Waals surface area (Å²) in [6.45, 7) is 1.19. The fourth-order valence-corrected chi connectivity index (χ4v) is 6.52. The lowest BCUT2D eigenvalue weighted by Gasteiger charge is -2.33. The van der Waals surface area contributed by atoms with Crippen molar-refractivity contribution in [2.24, 2.45) is 18.7 Å². The van der Waals surface area contributed by atoms with Crippen LogP contribution < -0.4 is 15.8 Å². The van der Waals surface area contributed by atoms with Crippen LogP contribution >= 0.6 is 0 Å².